The molecule has 25 heavy (non-hydrogen) atoms. The number of nitrogens with one attached hydrogen (secondary N) is 1. The fraction of sp³-hybridized carbons (Fsp3) is 0.474. The van der Waals surface area contributed by atoms with Crippen molar-refractivity contribution < 1.29 is 4.39 Å². The first-order valence-electron chi connectivity index (χ1n) is 8.86. The number of nitrogens with zero attached hydrogens (tertiary/aromatic N) is 4. The molecule has 1 aliphatic rings. The molecule has 0 unspecified atom stereocenters. The summed E-state index contributed by atoms with van der Waals surface area (Å²) in [5, 5.41) is 3.31. The van der Waals surface area contributed by atoms with Gasteiger partial charge in [0, 0.05) is 50.2 Å². The molecule has 0 aliphatic carbocycles. The molecule has 0 radical (unpaired) electrons. The van der Waals surface area contributed by atoms with Crippen molar-refractivity contribution in [2.75, 3.05) is 47.8 Å². The molecule has 0 amide bonds. The van der Waals surface area contributed by atoms with Gasteiger partial charge in [-0.05, 0) is 37.1 Å². The zero-order chi connectivity index (χ0) is 17.8. The van der Waals surface area contributed by atoms with E-state index >= 15 is 0 Å². The van der Waals surface area contributed by atoms with Gasteiger partial charge in [0.25, 0.3) is 0 Å². The van der Waals surface area contributed by atoms with Crippen LogP contribution in [0.5, 0.6) is 0 Å². The average molecular weight is 343 g/mol. The Bertz CT molecular complexity index is 693. The van der Waals surface area contributed by atoms with E-state index in [9.17, 15) is 4.39 Å². The van der Waals surface area contributed by atoms with Crippen molar-refractivity contribution in [1.29, 1.82) is 0 Å². The van der Waals surface area contributed by atoms with Crippen molar-refractivity contribution in [2.45, 2.75) is 20.8 Å². The Morgan fingerprint density at radius 2 is 1.68 bits per heavy atom. The van der Waals surface area contributed by atoms with Gasteiger partial charge < -0.3 is 15.1 Å². The number of halogens is 1. The second kappa shape index (κ2) is 7.68. The van der Waals surface area contributed by atoms with Crippen molar-refractivity contribution in [3.05, 3.63) is 41.8 Å². The lowest BCUT2D eigenvalue weighted by molar-refractivity contribution is 0.624. The number of aromatic nitrogens is 2. The van der Waals surface area contributed by atoms with Gasteiger partial charge in [-0.2, -0.15) is 4.98 Å². The number of piperazine rings is 1. The van der Waals surface area contributed by atoms with Crippen molar-refractivity contribution in [2.24, 2.45) is 5.92 Å². The summed E-state index contributed by atoms with van der Waals surface area (Å²) in [5.41, 5.74) is 2.04. The third-order valence-corrected chi connectivity index (χ3v) is 4.30. The standard InChI is InChI=1S/C19H26FN5/c1-14(2)13-21-19-22-15(3)12-18(23-19)25-10-8-24(9-11-25)17-6-4-16(20)5-7-17/h4-7,12,14H,8-11,13H2,1-3H3,(H,21,22,23). The summed E-state index contributed by atoms with van der Waals surface area (Å²) in [5.74, 6) is 2.02. The molecule has 1 N–H and O–H groups in total. The van der Waals surface area contributed by atoms with Gasteiger partial charge in [-0.25, -0.2) is 9.37 Å². The van der Waals surface area contributed by atoms with Gasteiger partial charge in [0.1, 0.15) is 11.6 Å². The smallest absolute Gasteiger partial charge is 0.224 e. The van der Waals surface area contributed by atoms with Gasteiger partial charge in [-0.3, -0.25) is 0 Å². The highest BCUT2D eigenvalue weighted by atomic mass is 19.1. The van der Waals surface area contributed by atoms with Crippen LogP contribution in [0.3, 0.4) is 0 Å². The maximum atomic E-state index is 13.1. The van der Waals surface area contributed by atoms with Crippen LogP contribution in [0.25, 0.3) is 0 Å². The molecule has 1 saturated heterocycles. The van der Waals surface area contributed by atoms with Crippen LogP contribution in [0.4, 0.5) is 21.8 Å². The van der Waals surface area contributed by atoms with Gasteiger partial charge in [-0.1, -0.05) is 13.8 Å². The van der Waals surface area contributed by atoms with Crippen molar-refractivity contribution in [1.82, 2.24) is 9.97 Å². The van der Waals surface area contributed by atoms with E-state index in [1.807, 2.05) is 25.1 Å². The van der Waals surface area contributed by atoms with Gasteiger partial charge in [0.15, 0.2) is 0 Å². The van der Waals surface area contributed by atoms with Crippen molar-refractivity contribution >= 4 is 17.5 Å². The molecule has 0 atom stereocenters. The molecule has 2 aromatic rings. The molecular weight excluding hydrogens is 317 g/mol. The lowest BCUT2D eigenvalue weighted by Gasteiger charge is -2.36. The summed E-state index contributed by atoms with van der Waals surface area (Å²) >= 11 is 0. The van der Waals surface area contributed by atoms with Crippen LogP contribution in [-0.4, -0.2) is 42.7 Å². The molecule has 1 aliphatic heterocycles. The molecule has 0 saturated carbocycles. The van der Waals surface area contributed by atoms with Crippen LogP contribution in [-0.2, 0) is 0 Å². The Morgan fingerprint density at radius 3 is 2.32 bits per heavy atom. The van der Waals surface area contributed by atoms with Crippen molar-refractivity contribution in [3.63, 3.8) is 0 Å². The first kappa shape index (κ1) is 17.5. The topological polar surface area (TPSA) is 44.3 Å². The van der Waals surface area contributed by atoms with E-state index in [0.717, 1.165) is 49.9 Å². The van der Waals surface area contributed by atoms with E-state index in [1.54, 1.807) is 0 Å². The Hall–Kier alpha value is -2.37. The first-order chi connectivity index (χ1) is 12.0. The summed E-state index contributed by atoms with van der Waals surface area (Å²) in [6.07, 6.45) is 0. The molecule has 5 nitrogen and oxygen atoms in total. The van der Waals surface area contributed by atoms with Crippen LogP contribution < -0.4 is 15.1 Å². The molecule has 134 valence electrons. The van der Waals surface area contributed by atoms with Gasteiger partial charge in [-0.15, -0.1) is 0 Å². The summed E-state index contributed by atoms with van der Waals surface area (Å²) < 4.78 is 13.1. The minimum absolute atomic E-state index is 0.194. The molecule has 0 bridgehead atoms. The van der Waals surface area contributed by atoms with Crippen LogP contribution >= 0.6 is 0 Å². The predicted octanol–water partition coefficient (Wildman–Crippen LogP) is 3.32. The molecule has 1 aromatic heterocycles. The number of aryl methyl sites for hydroxylation is 1. The highest BCUT2D eigenvalue weighted by Crippen LogP contribution is 2.21. The van der Waals surface area contributed by atoms with Crippen LogP contribution in [0, 0.1) is 18.7 Å². The molecular formula is C19H26FN5. The Labute approximate surface area is 148 Å². The summed E-state index contributed by atoms with van der Waals surface area (Å²) in [4.78, 5) is 13.7. The molecule has 1 fully saturated rings. The Morgan fingerprint density at radius 1 is 1.04 bits per heavy atom. The summed E-state index contributed by atoms with van der Waals surface area (Å²) in [6, 6.07) is 8.75. The predicted molar refractivity (Wildman–Crippen MR) is 101 cm³/mol. The van der Waals surface area contributed by atoms with Crippen LogP contribution in [0.2, 0.25) is 0 Å². The zero-order valence-corrected chi connectivity index (χ0v) is 15.2. The SMILES string of the molecule is Cc1cc(N2CCN(c3ccc(F)cc3)CC2)nc(NCC(C)C)n1. The number of rotatable bonds is 5. The lowest BCUT2D eigenvalue weighted by atomic mass is 10.2. The fourth-order valence-corrected chi connectivity index (χ4v) is 2.93. The molecule has 0 spiro atoms. The molecule has 2 heterocycles. The van der Waals surface area contributed by atoms with Gasteiger partial charge in [0.2, 0.25) is 5.95 Å². The third kappa shape index (κ3) is 4.59. The summed E-state index contributed by atoms with van der Waals surface area (Å²) in [7, 11) is 0. The van der Waals surface area contributed by atoms with Crippen LogP contribution in [0.1, 0.15) is 19.5 Å². The third-order valence-electron chi connectivity index (χ3n) is 4.30. The maximum absolute atomic E-state index is 13.1. The highest BCUT2D eigenvalue weighted by molar-refractivity contribution is 5.50. The van der Waals surface area contributed by atoms with E-state index < -0.39 is 0 Å². The Kier molecular flexibility index (Phi) is 5.36. The minimum atomic E-state index is -0.194. The maximum Gasteiger partial charge on any atom is 0.224 e. The van der Waals surface area contributed by atoms with E-state index in [-0.39, 0.29) is 5.82 Å². The number of hydrogen-bond donors (Lipinski definition) is 1. The van der Waals surface area contributed by atoms with Gasteiger partial charge >= 0.3 is 0 Å². The normalized spacial score (nSPS) is 14.9. The highest BCUT2D eigenvalue weighted by Gasteiger charge is 2.19. The van der Waals surface area contributed by atoms with E-state index in [1.165, 1.54) is 12.1 Å². The number of hydrogen-bond acceptors (Lipinski definition) is 5. The second-order valence-electron chi connectivity index (χ2n) is 6.92. The summed E-state index contributed by atoms with van der Waals surface area (Å²) in [6.45, 7) is 10.8. The fourth-order valence-electron chi connectivity index (χ4n) is 2.93. The van der Waals surface area contributed by atoms with E-state index in [0.29, 0.717) is 11.9 Å². The quantitative estimate of drug-likeness (QED) is 0.902. The minimum Gasteiger partial charge on any atom is -0.368 e. The second-order valence-corrected chi connectivity index (χ2v) is 6.92. The van der Waals surface area contributed by atoms with E-state index in [4.69, 9.17) is 0 Å². The van der Waals surface area contributed by atoms with Gasteiger partial charge in [0.05, 0.1) is 0 Å². The number of benzene rings is 1. The molecule has 3 rings (SSSR count). The monoisotopic (exact) mass is 343 g/mol. The molecule has 6 heteroatoms. The molecule has 1 aromatic carbocycles. The average Bonchev–Trinajstić information content (AvgIpc) is 2.60. The zero-order valence-electron chi connectivity index (χ0n) is 15.2. The lowest BCUT2D eigenvalue weighted by Crippen LogP contribution is -2.47. The Balaban J connectivity index is 1.65. The largest absolute Gasteiger partial charge is 0.368 e. The first-order valence-corrected chi connectivity index (χ1v) is 8.86. The van der Waals surface area contributed by atoms with E-state index in [2.05, 4.69) is 38.9 Å². The number of anilines is 3. The van der Waals surface area contributed by atoms with Crippen molar-refractivity contribution in [3.8, 4) is 0 Å². The van der Waals surface area contributed by atoms with Crippen LogP contribution in [0.15, 0.2) is 30.3 Å².